The van der Waals surface area contributed by atoms with E-state index in [0.717, 1.165) is 11.1 Å². The van der Waals surface area contributed by atoms with Gasteiger partial charge < -0.3 is 4.74 Å². The number of hydrogen-bond acceptors (Lipinski definition) is 5. The minimum absolute atomic E-state index is 0.0342. The predicted molar refractivity (Wildman–Crippen MR) is 113 cm³/mol. The highest BCUT2D eigenvalue weighted by atomic mass is 32.2. The number of para-hydroxylation sites is 1. The molecule has 0 aliphatic rings. The van der Waals surface area contributed by atoms with E-state index in [1.807, 2.05) is 57.2 Å². The predicted octanol–water partition coefficient (Wildman–Crippen LogP) is 4.02. The van der Waals surface area contributed by atoms with Crippen LogP contribution in [0.4, 0.5) is 0 Å². The van der Waals surface area contributed by atoms with Crippen molar-refractivity contribution in [3.05, 3.63) is 69.5 Å². The quantitative estimate of drug-likeness (QED) is 0.343. The SMILES string of the molecule is COCCn1c(S[C@H](C)C(=O)c2cc(C)ccc2C)nc2ccccc2c1=O. The number of fused-ring (bicyclic) bond motifs is 1. The molecule has 0 spiro atoms. The number of benzene rings is 2. The first-order valence-electron chi connectivity index (χ1n) is 9.19. The number of aromatic nitrogens is 2. The number of carbonyl (C=O) groups is 1. The van der Waals surface area contributed by atoms with Crippen molar-refractivity contribution in [3.63, 3.8) is 0 Å². The number of methoxy groups -OCH3 is 1. The zero-order valence-corrected chi connectivity index (χ0v) is 17.4. The maximum Gasteiger partial charge on any atom is 0.262 e. The van der Waals surface area contributed by atoms with Crippen LogP contribution in [0, 0.1) is 13.8 Å². The van der Waals surface area contributed by atoms with Crippen LogP contribution in [0.25, 0.3) is 10.9 Å². The molecule has 1 atom stereocenters. The van der Waals surface area contributed by atoms with Gasteiger partial charge in [-0.15, -0.1) is 0 Å². The molecule has 0 saturated carbocycles. The summed E-state index contributed by atoms with van der Waals surface area (Å²) < 4.78 is 6.76. The third kappa shape index (κ3) is 4.18. The van der Waals surface area contributed by atoms with Crippen molar-refractivity contribution in [3.8, 4) is 0 Å². The fourth-order valence-corrected chi connectivity index (χ4v) is 4.05. The van der Waals surface area contributed by atoms with Gasteiger partial charge in [0.1, 0.15) is 0 Å². The summed E-state index contributed by atoms with van der Waals surface area (Å²) in [7, 11) is 1.60. The van der Waals surface area contributed by atoms with Crippen molar-refractivity contribution < 1.29 is 9.53 Å². The molecule has 1 heterocycles. The molecule has 3 aromatic rings. The van der Waals surface area contributed by atoms with Crippen LogP contribution in [0.15, 0.2) is 52.4 Å². The van der Waals surface area contributed by atoms with E-state index < -0.39 is 0 Å². The summed E-state index contributed by atoms with van der Waals surface area (Å²) in [6, 6.07) is 13.1. The average molecular weight is 397 g/mol. The van der Waals surface area contributed by atoms with E-state index in [2.05, 4.69) is 4.98 Å². The van der Waals surface area contributed by atoms with Crippen LogP contribution in [-0.4, -0.2) is 34.3 Å². The van der Waals surface area contributed by atoms with Gasteiger partial charge in [0.2, 0.25) is 0 Å². The van der Waals surface area contributed by atoms with Crippen LogP contribution in [0.3, 0.4) is 0 Å². The van der Waals surface area contributed by atoms with Crippen LogP contribution >= 0.6 is 11.8 Å². The summed E-state index contributed by atoms with van der Waals surface area (Å²) in [6.45, 7) is 6.55. The number of rotatable bonds is 7. The molecule has 0 unspecified atom stereocenters. The summed E-state index contributed by atoms with van der Waals surface area (Å²) in [4.78, 5) is 30.6. The molecule has 3 rings (SSSR count). The van der Waals surface area contributed by atoms with Gasteiger partial charge in [0.15, 0.2) is 10.9 Å². The first-order valence-corrected chi connectivity index (χ1v) is 10.1. The van der Waals surface area contributed by atoms with Gasteiger partial charge in [0.25, 0.3) is 5.56 Å². The van der Waals surface area contributed by atoms with Gasteiger partial charge in [-0.1, -0.05) is 41.6 Å². The number of hydrogen-bond donors (Lipinski definition) is 0. The van der Waals surface area contributed by atoms with Crippen molar-refractivity contribution in [2.24, 2.45) is 0 Å². The lowest BCUT2D eigenvalue weighted by molar-refractivity contribution is 0.0993. The highest BCUT2D eigenvalue weighted by molar-refractivity contribution is 8.00. The summed E-state index contributed by atoms with van der Waals surface area (Å²) in [5.41, 5.74) is 3.23. The summed E-state index contributed by atoms with van der Waals surface area (Å²) in [6.07, 6.45) is 0. The second-order valence-corrected chi connectivity index (χ2v) is 8.11. The minimum Gasteiger partial charge on any atom is -0.383 e. The minimum atomic E-state index is -0.373. The molecule has 6 heteroatoms. The van der Waals surface area contributed by atoms with E-state index >= 15 is 0 Å². The lowest BCUT2D eigenvalue weighted by Crippen LogP contribution is -2.26. The second-order valence-electron chi connectivity index (χ2n) is 6.80. The first kappa shape index (κ1) is 20.3. The monoisotopic (exact) mass is 396 g/mol. The zero-order chi connectivity index (χ0) is 20.3. The van der Waals surface area contributed by atoms with Gasteiger partial charge in [-0.05, 0) is 44.5 Å². The van der Waals surface area contributed by atoms with Crippen LogP contribution in [0.5, 0.6) is 0 Å². The lowest BCUT2D eigenvalue weighted by Gasteiger charge is -2.16. The van der Waals surface area contributed by atoms with Gasteiger partial charge in [0, 0.05) is 12.7 Å². The number of nitrogens with zero attached hydrogens (tertiary/aromatic N) is 2. The van der Waals surface area contributed by atoms with Crippen molar-refractivity contribution in [1.82, 2.24) is 9.55 Å². The molecule has 0 radical (unpaired) electrons. The third-order valence-electron chi connectivity index (χ3n) is 4.66. The Kier molecular flexibility index (Phi) is 6.31. The third-order valence-corrected chi connectivity index (χ3v) is 5.75. The number of aryl methyl sites for hydroxylation is 2. The van der Waals surface area contributed by atoms with Gasteiger partial charge in [-0.2, -0.15) is 0 Å². The molecule has 0 fully saturated rings. The molecule has 0 aliphatic carbocycles. The Balaban J connectivity index is 1.99. The molecule has 1 aromatic heterocycles. The van der Waals surface area contributed by atoms with Gasteiger partial charge in [0.05, 0.1) is 29.3 Å². The molecule has 146 valence electrons. The topological polar surface area (TPSA) is 61.2 Å². The molecule has 0 saturated heterocycles. The van der Waals surface area contributed by atoms with Crippen LogP contribution in [-0.2, 0) is 11.3 Å². The van der Waals surface area contributed by atoms with Crippen molar-refractivity contribution in [2.45, 2.75) is 37.7 Å². The van der Waals surface area contributed by atoms with Crippen molar-refractivity contribution in [2.75, 3.05) is 13.7 Å². The lowest BCUT2D eigenvalue weighted by atomic mass is 10.0. The summed E-state index contributed by atoms with van der Waals surface area (Å²) in [5.74, 6) is 0.0342. The molecule has 5 nitrogen and oxygen atoms in total. The number of carbonyl (C=O) groups excluding carboxylic acids is 1. The van der Waals surface area contributed by atoms with Gasteiger partial charge >= 0.3 is 0 Å². The van der Waals surface area contributed by atoms with Crippen LogP contribution in [0.2, 0.25) is 0 Å². The van der Waals surface area contributed by atoms with E-state index in [9.17, 15) is 9.59 Å². The summed E-state index contributed by atoms with van der Waals surface area (Å²) in [5, 5.41) is 0.728. The molecular formula is C22H24N2O3S. The van der Waals surface area contributed by atoms with Crippen LogP contribution in [0.1, 0.15) is 28.4 Å². The molecule has 0 aliphatic heterocycles. The smallest absolute Gasteiger partial charge is 0.262 e. The van der Waals surface area contributed by atoms with Gasteiger partial charge in [-0.25, -0.2) is 4.98 Å². The van der Waals surface area contributed by atoms with Crippen molar-refractivity contribution in [1.29, 1.82) is 0 Å². The van der Waals surface area contributed by atoms with E-state index in [0.29, 0.717) is 34.8 Å². The fraction of sp³-hybridized carbons (Fsp3) is 0.318. The Morgan fingerprint density at radius 3 is 2.71 bits per heavy atom. The van der Waals surface area contributed by atoms with E-state index in [1.54, 1.807) is 17.7 Å². The van der Waals surface area contributed by atoms with E-state index in [-0.39, 0.29) is 16.6 Å². The Hall–Kier alpha value is -2.44. The number of thioether (sulfide) groups is 1. The second kappa shape index (κ2) is 8.71. The maximum absolute atomic E-state index is 13.0. The largest absolute Gasteiger partial charge is 0.383 e. The van der Waals surface area contributed by atoms with Crippen LogP contribution < -0.4 is 5.56 Å². The van der Waals surface area contributed by atoms with E-state index in [1.165, 1.54) is 11.8 Å². The molecule has 2 aromatic carbocycles. The molecule has 0 N–H and O–H groups in total. The molecule has 28 heavy (non-hydrogen) atoms. The highest BCUT2D eigenvalue weighted by Crippen LogP contribution is 2.26. The zero-order valence-electron chi connectivity index (χ0n) is 16.6. The summed E-state index contributed by atoms with van der Waals surface area (Å²) >= 11 is 1.31. The fourth-order valence-electron chi connectivity index (χ4n) is 3.05. The van der Waals surface area contributed by atoms with E-state index in [4.69, 9.17) is 4.74 Å². The highest BCUT2D eigenvalue weighted by Gasteiger charge is 2.22. The average Bonchev–Trinajstić information content (AvgIpc) is 2.69. The molecule has 0 amide bonds. The van der Waals surface area contributed by atoms with Gasteiger partial charge in [-0.3, -0.25) is 14.2 Å². The Morgan fingerprint density at radius 1 is 1.21 bits per heavy atom. The normalized spacial score (nSPS) is 12.3. The molecular weight excluding hydrogens is 372 g/mol. The number of ether oxygens (including phenoxy) is 1. The first-order chi connectivity index (χ1) is 13.4. The number of Topliss-reactive ketones (excluding diaryl/α,β-unsaturated/α-hetero) is 1. The molecule has 0 bridgehead atoms. The Morgan fingerprint density at radius 2 is 1.96 bits per heavy atom. The maximum atomic E-state index is 13.0. The standard InChI is InChI=1S/C22H24N2O3S/c1-14-9-10-15(2)18(13-14)20(25)16(3)28-22-23-19-8-6-5-7-17(19)21(26)24(22)11-12-27-4/h5-10,13,16H,11-12H2,1-4H3/t16-/m1/s1. The van der Waals surface area contributed by atoms with Crippen molar-refractivity contribution >= 4 is 28.4 Å². The Labute approximate surface area is 168 Å². The number of ketones is 1. The Bertz CT molecular complexity index is 1080.